The lowest BCUT2D eigenvalue weighted by Gasteiger charge is -2.26. The molecule has 0 spiro atoms. The summed E-state index contributed by atoms with van der Waals surface area (Å²) in [6.45, 7) is 1.21. The van der Waals surface area contributed by atoms with Crippen molar-refractivity contribution in [2.75, 3.05) is 6.26 Å². The second kappa shape index (κ2) is 4.31. The molecule has 0 heterocycles. The molecule has 0 unspecified atom stereocenters. The molecule has 0 aliphatic heterocycles. The van der Waals surface area contributed by atoms with E-state index < -0.39 is 26.0 Å². The Bertz CT molecular complexity index is 467. The average molecular weight is 267 g/mol. The molecule has 16 heavy (non-hydrogen) atoms. The monoisotopic (exact) mass is 266 g/mol. The zero-order chi connectivity index (χ0) is 12.6. The highest BCUT2D eigenvalue weighted by atomic mass is 35.5. The quantitative estimate of drug-likeness (QED) is 0.850. The number of aliphatic hydroxyl groups is 1. The summed E-state index contributed by atoms with van der Waals surface area (Å²) in [7, 11) is -3.64. The van der Waals surface area contributed by atoms with E-state index in [-0.39, 0.29) is 5.56 Å². The van der Waals surface area contributed by atoms with Gasteiger partial charge in [-0.15, -0.1) is 0 Å². The van der Waals surface area contributed by atoms with Crippen LogP contribution in [0.5, 0.6) is 0 Å². The van der Waals surface area contributed by atoms with Crippen LogP contribution < -0.4 is 0 Å². The number of benzene rings is 1. The number of aliphatic hydroxyl groups excluding tert-OH is 1. The van der Waals surface area contributed by atoms with Crippen molar-refractivity contribution >= 4 is 21.4 Å². The molecule has 0 aliphatic carbocycles. The van der Waals surface area contributed by atoms with Crippen molar-refractivity contribution in [2.24, 2.45) is 0 Å². The van der Waals surface area contributed by atoms with Crippen LogP contribution in [0, 0.1) is 5.82 Å². The molecule has 1 aromatic carbocycles. The Hall–Kier alpha value is -0.650. The van der Waals surface area contributed by atoms with E-state index in [4.69, 9.17) is 11.6 Å². The molecule has 0 aliphatic rings. The Morgan fingerprint density at radius 1 is 1.38 bits per heavy atom. The molecule has 1 rings (SSSR count). The first-order chi connectivity index (χ1) is 7.16. The predicted octanol–water partition coefficient (Wildman–Crippen LogP) is 1.86. The molecule has 90 valence electrons. The van der Waals surface area contributed by atoms with Crippen LogP contribution >= 0.6 is 11.6 Å². The zero-order valence-corrected chi connectivity index (χ0v) is 10.4. The summed E-state index contributed by atoms with van der Waals surface area (Å²) < 4.78 is 33.6. The molecule has 6 heteroatoms. The summed E-state index contributed by atoms with van der Waals surface area (Å²) in [6, 6.07) is 4.86. The minimum absolute atomic E-state index is 0.254. The Labute approximate surface area is 98.8 Å². The van der Waals surface area contributed by atoms with Crippen molar-refractivity contribution in [2.45, 2.75) is 17.2 Å². The number of hydrogen-bond acceptors (Lipinski definition) is 3. The van der Waals surface area contributed by atoms with Crippen LogP contribution in [0.15, 0.2) is 24.3 Å². The third-order valence-electron chi connectivity index (χ3n) is 2.40. The summed E-state index contributed by atoms with van der Waals surface area (Å²) in [5.41, 5.74) is 0.254. The van der Waals surface area contributed by atoms with Gasteiger partial charge in [-0.05, 0) is 24.6 Å². The number of alkyl halides is 1. The van der Waals surface area contributed by atoms with Gasteiger partial charge in [0, 0.05) is 6.26 Å². The summed E-state index contributed by atoms with van der Waals surface area (Å²) in [6.07, 6.45) is -0.475. The lowest BCUT2D eigenvalue weighted by atomic mass is 10.1. The van der Waals surface area contributed by atoms with Crippen LogP contribution in [-0.4, -0.2) is 24.0 Å². The normalized spacial score (nSPS) is 17.8. The minimum Gasteiger partial charge on any atom is -0.385 e. The third kappa shape index (κ3) is 2.53. The van der Waals surface area contributed by atoms with Gasteiger partial charge in [0.25, 0.3) is 0 Å². The maximum atomic E-state index is 12.6. The van der Waals surface area contributed by atoms with Gasteiger partial charge in [-0.1, -0.05) is 23.7 Å². The van der Waals surface area contributed by atoms with Crippen LogP contribution in [0.3, 0.4) is 0 Å². The Balaban J connectivity index is 3.12. The average Bonchev–Trinajstić information content (AvgIpc) is 2.16. The van der Waals surface area contributed by atoms with Gasteiger partial charge in [0.15, 0.2) is 14.0 Å². The van der Waals surface area contributed by atoms with Crippen molar-refractivity contribution in [3.8, 4) is 0 Å². The van der Waals surface area contributed by atoms with E-state index in [1.807, 2.05) is 0 Å². The van der Waals surface area contributed by atoms with E-state index in [1.165, 1.54) is 19.1 Å². The predicted molar refractivity (Wildman–Crippen MR) is 60.5 cm³/mol. The van der Waals surface area contributed by atoms with Gasteiger partial charge >= 0.3 is 0 Å². The molecule has 1 aromatic rings. The molecule has 0 aromatic heterocycles. The van der Waals surface area contributed by atoms with Crippen molar-refractivity contribution in [1.82, 2.24) is 0 Å². The summed E-state index contributed by atoms with van der Waals surface area (Å²) in [5.74, 6) is -0.466. The fourth-order valence-electron chi connectivity index (χ4n) is 1.15. The number of sulfone groups is 1. The molecule has 0 amide bonds. The van der Waals surface area contributed by atoms with Gasteiger partial charge in [-0.3, -0.25) is 0 Å². The van der Waals surface area contributed by atoms with Crippen molar-refractivity contribution in [1.29, 1.82) is 0 Å². The number of rotatable bonds is 3. The first kappa shape index (κ1) is 13.4. The highest BCUT2D eigenvalue weighted by Gasteiger charge is 2.41. The second-order valence-electron chi connectivity index (χ2n) is 3.71. The lowest BCUT2D eigenvalue weighted by Crippen LogP contribution is -2.35. The van der Waals surface area contributed by atoms with Gasteiger partial charge in [-0.2, -0.15) is 0 Å². The number of hydrogen-bond donors (Lipinski definition) is 1. The lowest BCUT2D eigenvalue weighted by molar-refractivity contribution is 0.163. The first-order valence-electron chi connectivity index (χ1n) is 4.48. The van der Waals surface area contributed by atoms with Gasteiger partial charge < -0.3 is 5.11 Å². The SMILES string of the molecule is C[C@@](Cl)([C@@H](O)c1ccc(F)cc1)S(C)(=O)=O. The highest BCUT2D eigenvalue weighted by molar-refractivity contribution is 7.93. The maximum Gasteiger partial charge on any atom is 0.172 e. The Morgan fingerprint density at radius 2 is 1.81 bits per heavy atom. The smallest absolute Gasteiger partial charge is 0.172 e. The fraction of sp³-hybridized carbons (Fsp3) is 0.400. The van der Waals surface area contributed by atoms with Crippen molar-refractivity contribution < 1.29 is 17.9 Å². The summed E-state index contributed by atoms with van der Waals surface area (Å²) >= 11 is 5.81. The van der Waals surface area contributed by atoms with Crippen LogP contribution in [0.25, 0.3) is 0 Å². The molecule has 0 saturated heterocycles. The van der Waals surface area contributed by atoms with Crippen LogP contribution in [-0.2, 0) is 9.84 Å². The van der Waals surface area contributed by atoms with Crippen molar-refractivity contribution in [3.63, 3.8) is 0 Å². The Morgan fingerprint density at radius 3 is 2.19 bits per heavy atom. The van der Waals surface area contributed by atoms with E-state index in [2.05, 4.69) is 0 Å². The van der Waals surface area contributed by atoms with Crippen molar-refractivity contribution in [3.05, 3.63) is 35.6 Å². The molecular formula is C10H12ClFO3S. The second-order valence-corrected chi connectivity index (χ2v) is 7.11. The zero-order valence-electron chi connectivity index (χ0n) is 8.81. The van der Waals surface area contributed by atoms with Gasteiger partial charge in [0.2, 0.25) is 0 Å². The molecule has 0 fully saturated rings. The van der Waals surface area contributed by atoms with E-state index in [0.29, 0.717) is 0 Å². The summed E-state index contributed by atoms with van der Waals surface area (Å²) in [5, 5.41) is 9.84. The van der Waals surface area contributed by atoms with E-state index in [0.717, 1.165) is 18.4 Å². The molecule has 1 N–H and O–H groups in total. The molecule has 2 atom stereocenters. The maximum absolute atomic E-state index is 12.6. The van der Waals surface area contributed by atoms with Gasteiger partial charge in [0.05, 0.1) is 0 Å². The highest BCUT2D eigenvalue weighted by Crippen LogP contribution is 2.36. The summed E-state index contributed by atoms with van der Waals surface area (Å²) in [4.78, 5) is 0. The van der Waals surface area contributed by atoms with Crippen LogP contribution in [0.4, 0.5) is 4.39 Å². The molecule has 0 saturated carbocycles. The van der Waals surface area contributed by atoms with Gasteiger partial charge in [0.1, 0.15) is 11.9 Å². The van der Waals surface area contributed by atoms with E-state index in [9.17, 15) is 17.9 Å². The molecule has 0 radical (unpaired) electrons. The van der Waals surface area contributed by atoms with Crippen LogP contribution in [0.1, 0.15) is 18.6 Å². The van der Waals surface area contributed by atoms with E-state index >= 15 is 0 Å². The Kier molecular flexibility index (Phi) is 3.62. The molecular weight excluding hydrogens is 255 g/mol. The minimum atomic E-state index is -3.64. The third-order valence-corrected chi connectivity index (χ3v) is 5.12. The van der Waals surface area contributed by atoms with Gasteiger partial charge in [-0.25, -0.2) is 12.8 Å². The molecule has 0 bridgehead atoms. The largest absolute Gasteiger partial charge is 0.385 e. The van der Waals surface area contributed by atoms with E-state index in [1.54, 1.807) is 0 Å². The topological polar surface area (TPSA) is 54.4 Å². The standard InChI is InChI=1S/C10H12ClFO3S/c1-10(11,16(2,14)15)9(13)7-3-5-8(12)6-4-7/h3-6,9,13H,1-2H3/t9-,10-/m0/s1. The van der Waals surface area contributed by atoms with Crippen LogP contribution in [0.2, 0.25) is 0 Å². The fourth-order valence-corrected chi connectivity index (χ4v) is 1.81. The molecule has 3 nitrogen and oxygen atoms in total. The first-order valence-corrected chi connectivity index (χ1v) is 6.75. The number of halogens is 2.